The average Bonchev–Trinajstić information content (AvgIpc) is 2.68. The van der Waals surface area contributed by atoms with Crippen LogP contribution in [-0.2, 0) is 4.79 Å². The quantitative estimate of drug-likeness (QED) is 0.844. The molecule has 0 aromatic heterocycles. The van der Waals surface area contributed by atoms with Crippen molar-refractivity contribution in [3.8, 4) is 5.75 Å². The smallest absolute Gasteiger partial charge is 0.257 e. The van der Waals surface area contributed by atoms with E-state index in [0.717, 1.165) is 31.2 Å². The maximum atomic E-state index is 13.0. The third kappa shape index (κ3) is 4.82. The van der Waals surface area contributed by atoms with Crippen molar-refractivity contribution in [2.75, 3.05) is 13.1 Å². The largest absolute Gasteiger partial charge is 0.507 e. The Hall–Kier alpha value is -2.04. The van der Waals surface area contributed by atoms with E-state index in [-0.39, 0.29) is 29.4 Å². The SMILES string of the molecule is CC(C)c1ccc(O)c(C(=O)N2CCCC(C(=O)NC3CCCCC3)C2)c1. The molecule has 1 aliphatic carbocycles. The number of hydrogen-bond donors (Lipinski definition) is 2. The number of likely N-dealkylation sites (tertiary alicyclic amines) is 1. The first-order valence-corrected chi connectivity index (χ1v) is 10.4. The maximum absolute atomic E-state index is 13.0. The van der Waals surface area contributed by atoms with Gasteiger partial charge in [0.05, 0.1) is 11.5 Å². The van der Waals surface area contributed by atoms with Gasteiger partial charge >= 0.3 is 0 Å². The molecule has 27 heavy (non-hydrogen) atoms. The van der Waals surface area contributed by atoms with Crippen LogP contribution in [0.4, 0.5) is 0 Å². The van der Waals surface area contributed by atoms with Gasteiger partial charge in [0.1, 0.15) is 5.75 Å². The second-order valence-electron chi connectivity index (χ2n) is 8.37. The van der Waals surface area contributed by atoms with E-state index in [2.05, 4.69) is 19.2 Å². The van der Waals surface area contributed by atoms with Gasteiger partial charge in [0.25, 0.3) is 5.91 Å². The fourth-order valence-corrected chi connectivity index (χ4v) is 4.20. The van der Waals surface area contributed by atoms with Gasteiger partial charge in [-0.25, -0.2) is 0 Å². The summed E-state index contributed by atoms with van der Waals surface area (Å²) in [7, 11) is 0. The van der Waals surface area contributed by atoms with Gasteiger partial charge in [-0.3, -0.25) is 9.59 Å². The van der Waals surface area contributed by atoms with Crippen LogP contribution in [0.3, 0.4) is 0 Å². The lowest BCUT2D eigenvalue weighted by atomic mass is 9.92. The van der Waals surface area contributed by atoms with Crippen molar-refractivity contribution in [1.29, 1.82) is 0 Å². The predicted octanol–water partition coefficient (Wildman–Crippen LogP) is 3.82. The summed E-state index contributed by atoms with van der Waals surface area (Å²) in [6.07, 6.45) is 7.40. The van der Waals surface area contributed by atoms with Crippen LogP contribution in [0.2, 0.25) is 0 Å². The summed E-state index contributed by atoms with van der Waals surface area (Å²) >= 11 is 0. The Morgan fingerprint density at radius 1 is 1.11 bits per heavy atom. The van der Waals surface area contributed by atoms with Crippen LogP contribution in [0, 0.1) is 5.92 Å². The Labute approximate surface area is 162 Å². The van der Waals surface area contributed by atoms with Gasteiger partial charge in [-0.05, 0) is 49.3 Å². The van der Waals surface area contributed by atoms with Crippen molar-refractivity contribution < 1.29 is 14.7 Å². The van der Waals surface area contributed by atoms with E-state index in [1.165, 1.54) is 19.3 Å². The van der Waals surface area contributed by atoms with E-state index in [4.69, 9.17) is 0 Å². The number of phenolic OH excluding ortho intramolecular Hbond substituents is 1. The molecule has 0 spiro atoms. The van der Waals surface area contributed by atoms with Crippen molar-refractivity contribution in [1.82, 2.24) is 10.2 Å². The van der Waals surface area contributed by atoms with Crippen LogP contribution in [0.1, 0.15) is 80.6 Å². The molecule has 5 heteroatoms. The molecule has 1 heterocycles. The third-order valence-corrected chi connectivity index (χ3v) is 5.95. The first kappa shape index (κ1) is 19.7. The minimum absolute atomic E-state index is 0.0122. The number of phenols is 1. The van der Waals surface area contributed by atoms with Gasteiger partial charge < -0.3 is 15.3 Å². The highest BCUT2D eigenvalue weighted by Crippen LogP contribution is 2.27. The second-order valence-corrected chi connectivity index (χ2v) is 8.37. The van der Waals surface area contributed by atoms with Crippen molar-refractivity contribution in [3.05, 3.63) is 29.3 Å². The number of carbonyl (C=O) groups is 2. The summed E-state index contributed by atoms with van der Waals surface area (Å²) in [5.74, 6) is 0.0514. The molecule has 1 aromatic rings. The minimum atomic E-state index is -0.176. The Bertz CT molecular complexity index is 680. The predicted molar refractivity (Wildman–Crippen MR) is 106 cm³/mol. The minimum Gasteiger partial charge on any atom is -0.507 e. The highest BCUT2D eigenvalue weighted by Gasteiger charge is 2.31. The summed E-state index contributed by atoms with van der Waals surface area (Å²) < 4.78 is 0. The molecule has 0 bridgehead atoms. The van der Waals surface area contributed by atoms with E-state index >= 15 is 0 Å². The average molecular weight is 373 g/mol. The molecule has 2 amide bonds. The first-order valence-electron chi connectivity index (χ1n) is 10.4. The molecular formula is C22H32N2O3. The van der Waals surface area contributed by atoms with Crippen LogP contribution in [-0.4, -0.2) is 41.0 Å². The molecular weight excluding hydrogens is 340 g/mol. The second kappa shape index (κ2) is 8.77. The van der Waals surface area contributed by atoms with Gasteiger partial charge in [-0.2, -0.15) is 0 Å². The highest BCUT2D eigenvalue weighted by atomic mass is 16.3. The van der Waals surface area contributed by atoms with Gasteiger partial charge in [0, 0.05) is 19.1 Å². The van der Waals surface area contributed by atoms with Gasteiger partial charge in [0.2, 0.25) is 5.91 Å². The fraction of sp³-hybridized carbons (Fsp3) is 0.636. The Morgan fingerprint density at radius 3 is 2.56 bits per heavy atom. The number of carbonyl (C=O) groups excluding carboxylic acids is 2. The zero-order valence-corrected chi connectivity index (χ0v) is 16.5. The lowest BCUT2D eigenvalue weighted by Gasteiger charge is -2.33. The van der Waals surface area contributed by atoms with Crippen molar-refractivity contribution >= 4 is 11.8 Å². The molecule has 1 aromatic carbocycles. The van der Waals surface area contributed by atoms with Crippen LogP contribution >= 0.6 is 0 Å². The van der Waals surface area contributed by atoms with E-state index in [0.29, 0.717) is 24.7 Å². The van der Waals surface area contributed by atoms with Gasteiger partial charge in [0.15, 0.2) is 0 Å². The molecule has 1 unspecified atom stereocenters. The van der Waals surface area contributed by atoms with Crippen molar-refractivity contribution in [2.24, 2.45) is 5.92 Å². The fourth-order valence-electron chi connectivity index (χ4n) is 4.20. The number of amides is 2. The number of rotatable bonds is 4. The van der Waals surface area contributed by atoms with E-state index in [1.54, 1.807) is 17.0 Å². The summed E-state index contributed by atoms with van der Waals surface area (Å²) in [5.41, 5.74) is 1.37. The molecule has 1 atom stereocenters. The van der Waals surface area contributed by atoms with Crippen molar-refractivity contribution in [3.63, 3.8) is 0 Å². The molecule has 5 nitrogen and oxygen atoms in total. The monoisotopic (exact) mass is 372 g/mol. The maximum Gasteiger partial charge on any atom is 0.257 e. The summed E-state index contributed by atoms with van der Waals surface area (Å²) in [6.45, 7) is 5.19. The molecule has 2 fully saturated rings. The number of benzene rings is 1. The zero-order chi connectivity index (χ0) is 19.4. The number of nitrogens with one attached hydrogen (secondary N) is 1. The topological polar surface area (TPSA) is 69.6 Å². The van der Waals surface area contributed by atoms with Crippen LogP contribution < -0.4 is 5.32 Å². The molecule has 1 aliphatic heterocycles. The summed E-state index contributed by atoms with van der Waals surface area (Å²) in [4.78, 5) is 27.4. The number of aromatic hydroxyl groups is 1. The van der Waals surface area contributed by atoms with E-state index in [9.17, 15) is 14.7 Å². The van der Waals surface area contributed by atoms with E-state index < -0.39 is 0 Å². The highest BCUT2D eigenvalue weighted by molar-refractivity contribution is 5.97. The number of piperidine rings is 1. The first-order chi connectivity index (χ1) is 13.0. The molecule has 1 saturated heterocycles. The van der Waals surface area contributed by atoms with Gasteiger partial charge in [-0.15, -0.1) is 0 Å². The summed E-state index contributed by atoms with van der Waals surface area (Å²) in [6, 6.07) is 5.53. The lowest BCUT2D eigenvalue weighted by molar-refractivity contribution is -0.127. The molecule has 3 rings (SSSR count). The molecule has 148 valence electrons. The van der Waals surface area contributed by atoms with Crippen LogP contribution in [0.15, 0.2) is 18.2 Å². The molecule has 0 radical (unpaired) electrons. The Balaban J connectivity index is 1.66. The van der Waals surface area contributed by atoms with E-state index in [1.807, 2.05) is 6.07 Å². The molecule has 2 aliphatic rings. The molecule has 2 N–H and O–H groups in total. The molecule has 1 saturated carbocycles. The Morgan fingerprint density at radius 2 is 1.85 bits per heavy atom. The van der Waals surface area contributed by atoms with Crippen LogP contribution in [0.25, 0.3) is 0 Å². The number of hydrogen-bond acceptors (Lipinski definition) is 3. The standard InChI is InChI=1S/C22H32N2O3/c1-15(2)16-10-11-20(25)19(13-16)22(27)24-12-6-7-17(14-24)21(26)23-18-8-4-3-5-9-18/h10-11,13,15,17-18,25H,3-9,12,14H2,1-2H3,(H,23,26). The Kier molecular flexibility index (Phi) is 6.40. The third-order valence-electron chi connectivity index (χ3n) is 5.95. The lowest BCUT2D eigenvalue weighted by Crippen LogP contribution is -2.48. The zero-order valence-electron chi connectivity index (χ0n) is 16.5. The van der Waals surface area contributed by atoms with Crippen LogP contribution in [0.5, 0.6) is 5.75 Å². The summed E-state index contributed by atoms with van der Waals surface area (Å²) in [5, 5.41) is 13.4. The van der Waals surface area contributed by atoms with Crippen molar-refractivity contribution in [2.45, 2.75) is 70.8 Å². The number of nitrogens with zero attached hydrogens (tertiary/aromatic N) is 1. The van der Waals surface area contributed by atoms with Gasteiger partial charge in [-0.1, -0.05) is 39.2 Å². The normalized spacial score (nSPS) is 21.3.